The van der Waals surface area contributed by atoms with Crippen molar-refractivity contribution in [2.45, 2.75) is 44.7 Å². The van der Waals surface area contributed by atoms with Gasteiger partial charge in [0, 0.05) is 31.1 Å². The Morgan fingerprint density at radius 1 is 0.729 bits per heavy atom. The lowest BCUT2D eigenvalue weighted by Gasteiger charge is -2.22. The second kappa shape index (κ2) is 25.7. The number of carbonyl (C=O) groups is 4. The van der Waals surface area contributed by atoms with E-state index in [0.29, 0.717) is 96.1 Å². The van der Waals surface area contributed by atoms with Crippen molar-refractivity contribution in [2.75, 3.05) is 77.9 Å². The van der Waals surface area contributed by atoms with Gasteiger partial charge in [-0.3, -0.25) is 19.2 Å². The second-order valence-corrected chi connectivity index (χ2v) is 13.5. The fourth-order valence-electron chi connectivity index (χ4n) is 6.05. The van der Waals surface area contributed by atoms with Gasteiger partial charge in [0.2, 0.25) is 11.8 Å². The Morgan fingerprint density at radius 3 is 1.98 bits per heavy atom. The number of carboxylic acids is 2. The number of nitrogens with zero attached hydrogens (tertiary/aromatic N) is 1. The topological polar surface area (TPSA) is 230 Å². The lowest BCUT2D eigenvalue weighted by atomic mass is 9.95. The normalized spacial score (nSPS) is 12.1. The van der Waals surface area contributed by atoms with Gasteiger partial charge >= 0.3 is 11.9 Å². The summed E-state index contributed by atoms with van der Waals surface area (Å²) in [7, 11) is 0. The number of aromatic nitrogens is 1. The zero-order valence-electron chi connectivity index (χ0n) is 33.4. The van der Waals surface area contributed by atoms with Crippen LogP contribution in [0.1, 0.15) is 42.9 Å². The van der Waals surface area contributed by atoms with Crippen LogP contribution >= 0.6 is 0 Å². The van der Waals surface area contributed by atoms with E-state index in [9.17, 15) is 29.4 Å². The Labute approximate surface area is 343 Å². The smallest absolute Gasteiger partial charge is 0.305 e. The molecule has 0 aliphatic rings. The van der Waals surface area contributed by atoms with E-state index in [4.69, 9.17) is 29.4 Å². The number of hydrogen-bond acceptors (Lipinski definition) is 12. The van der Waals surface area contributed by atoms with Crippen molar-refractivity contribution in [3.63, 3.8) is 0 Å². The van der Waals surface area contributed by atoms with E-state index >= 15 is 0 Å². The average Bonchev–Trinajstić information content (AvgIpc) is 3.22. The monoisotopic (exact) mass is 817 g/mol. The molecule has 3 aromatic carbocycles. The number of benzene rings is 3. The van der Waals surface area contributed by atoms with Crippen LogP contribution in [0.15, 0.2) is 79.0 Å². The van der Waals surface area contributed by atoms with Gasteiger partial charge in [-0.05, 0) is 59.2 Å². The number of hydrogen-bond donors (Lipinski definition) is 6. The first-order valence-corrected chi connectivity index (χ1v) is 19.6. The highest BCUT2D eigenvalue weighted by Crippen LogP contribution is 2.35. The number of amides is 2. The molecular formula is C43H55N5O11. The van der Waals surface area contributed by atoms with Crippen LogP contribution in [0.25, 0.3) is 21.9 Å². The molecule has 2 atom stereocenters. The predicted octanol–water partition coefficient (Wildman–Crippen LogP) is 4.10. The number of anilines is 1. The lowest BCUT2D eigenvalue weighted by Crippen LogP contribution is -2.49. The Kier molecular flexibility index (Phi) is 20.0. The molecule has 0 saturated carbocycles. The van der Waals surface area contributed by atoms with Crippen molar-refractivity contribution in [3.8, 4) is 16.9 Å². The Bertz CT molecular complexity index is 1930. The summed E-state index contributed by atoms with van der Waals surface area (Å²) in [6.07, 6.45) is 0.954. The number of nitrogens with one attached hydrogen (secondary N) is 3. The molecular weight excluding hydrogens is 762 g/mol. The quantitative estimate of drug-likeness (QED) is 0.0424. The second-order valence-electron chi connectivity index (χ2n) is 13.5. The van der Waals surface area contributed by atoms with E-state index in [2.05, 4.69) is 20.9 Å². The highest BCUT2D eigenvalue weighted by atomic mass is 16.6. The SMILES string of the molecule is Cc1ccnc(NCCCC(=O)N[C@@H](CC(=O)O)C(=O)N[C@@H](CC(=O)O)c2ccc(-c3ccc(OCCOCCOCCOCCOCCN)c4ccccc34)cc2)c1. The minimum Gasteiger partial charge on any atom is -0.491 e. The van der Waals surface area contributed by atoms with Crippen molar-refractivity contribution in [3.05, 3.63) is 90.1 Å². The van der Waals surface area contributed by atoms with Gasteiger partial charge in [-0.2, -0.15) is 0 Å². The van der Waals surface area contributed by atoms with Gasteiger partial charge in [-0.25, -0.2) is 4.98 Å². The summed E-state index contributed by atoms with van der Waals surface area (Å²) in [4.78, 5) is 53.9. The fourth-order valence-corrected chi connectivity index (χ4v) is 6.05. The van der Waals surface area contributed by atoms with Crippen LogP contribution in [0.5, 0.6) is 5.75 Å². The first-order valence-electron chi connectivity index (χ1n) is 19.6. The number of pyridine rings is 1. The van der Waals surface area contributed by atoms with Crippen LogP contribution in [0.2, 0.25) is 0 Å². The average molecular weight is 818 g/mol. The van der Waals surface area contributed by atoms with Gasteiger partial charge in [0.1, 0.15) is 24.2 Å². The van der Waals surface area contributed by atoms with Crippen LogP contribution in [0, 0.1) is 6.92 Å². The minimum absolute atomic E-state index is 0.0276. The van der Waals surface area contributed by atoms with Crippen molar-refractivity contribution in [1.29, 1.82) is 0 Å². The molecule has 4 aromatic rings. The number of fused-ring (bicyclic) bond motifs is 1. The van der Waals surface area contributed by atoms with Gasteiger partial charge in [-0.15, -0.1) is 0 Å². The third kappa shape index (κ3) is 16.6. The lowest BCUT2D eigenvalue weighted by molar-refractivity contribution is -0.142. The number of carbonyl (C=O) groups excluding carboxylic acids is 2. The number of aliphatic carboxylic acids is 2. The first kappa shape index (κ1) is 46.0. The van der Waals surface area contributed by atoms with E-state index < -0.39 is 48.7 Å². The molecule has 0 fully saturated rings. The molecule has 318 valence electrons. The van der Waals surface area contributed by atoms with Crippen molar-refractivity contribution in [2.24, 2.45) is 5.73 Å². The number of ether oxygens (including phenoxy) is 5. The molecule has 16 nitrogen and oxygen atoms in total. The van der Waals surface area contributed by atoms with Crippen molar-refractivity contribution >= 4 is 40.3 Å². The molecule has 0 radical (unpaired) electrons. The van der Waals surface area contributed by atoms with Gasteiger partial charge in [0.25, 0.3) is 0 Å². The summed E-state index contributed by atoms with van der Waals surface area (Å²) in [5.41, 5.74) is 8.65. The van der Waals surface area contributed by atoms with Crippen molar-refractivity contribution in [1.82, 2.24) is 15.6 Å². The van der Waals surface area contributed by atoms with Gasteiger partial charge in [-0.1, -0.05) is 54.6 Å². The largest absolute Gasteiger partial charge is 0.491 e. The van der Waals surface area contributed by atoms with Crippen LogP contribution in [-0.4, -0.2) is 118 Å². The van der Waals surface area contributed by atoms with Gasteiger partial charge in [0.05, 0.1) is 71.7 Å². The summed E-state index contributed by atoms with van der Waals surface area (Å²) in [6.45, 7) is 6.86. The third-order valence-electron chi connectivity index (χ3n) is 8.90. The maximum atomic E-state index is 13.4. The molecule has 4 rings (SSSR count). The van der Waals surface area contributed by atoms with E-state index in [0.717, 1.165) is 27.5 Å². The molecule has 0 spiro atoms. The first-order chi connectivity index (χ1) is 28.6. The zero-order chi connectivity index (χ0) is 42.2. The maximum absolute atomic E-state index is 13.4. The molecule has 2 amide bonds. The van der Waals surface area contributed by atoms with Crippen LogP contribution in [0.3, 0.4) is 0 Å². The number of carboxylic acid groups (broad SMARTS) is 2. The van der Waals surface area contributed by atoms with E-state index in [1.54, 1.807) is 18.3 Å². The highest BCUT2D eigenvalue weighted by molar-refractivity contribution is 6.00. The summed E-state index contributed by atoms with van der Waals surface area (Å²) >= 11 is 0. The predicted molar refractivity (Wildman–Crippen MR) is 221 cm³/mol. The molecule has 1 aromatic heterocycles. The third-order valence-corrected chi connectivity index (χ3v) is 8.90. The zero-order valence-corrected chi connectivity index (χ0v) is 33.4. The molecule has 16 heteroatoms. The van der Waals surface area contributed by atoms with Crippen LogP contribution in [-0.2, 0) is 38.1 Å². The molecule has 0 saturated heterocycles. The van der Waals surface area contributed by atoms with Gasteiger partial charge in [0.15, 0.2) is 0 Å². The van der Waals surface area contributed by atoms with E-state index in [1.807, 2.05) is 67.6 Å². The molecule has 0 aliphatic heterocycles. The summed E-state index contributed by atoms with van der Waals surface area (Å²) < 4.78 is 27.9. The number of rotatable bonds is 29. The maximum Gasteiger partial charge on any atom is 0.305 e. The minimum atomic E-state index is -1.41. The summed E-state index contributed by atoms with van der Waals surface area (Å²) in [5.74, 6) is -2.43. The van der Waals surface area contributed by atoms with E-state index in [-0.39, 0.29) is 6.42 Å². The van der Waals surface area contributed by atoms with Crippen molar-refractivity contribution < 1.29 is 53.1 Å². The molecule has 0 bridgehead atoms. The highest BCUT2D eigenvalue weighted by Gasteiger charge is 2.27. The number of nitrogens with two attached hydrogens (primary N) is 1. The molecule has 1 heterocycles. The molecule has 7 N–H and O–H groups in total. The Balaban J connectivity index is 1.30. The molecule has 0 unspecified atom stereocenters. The van der Waals surface area contributed by atoms with E-state index in [1.165, 1.54) is 0 Å². The standard InChI is InChI=1S/C43H55N5O11/c1-30-14-17-46-39(27-30)45-16-4-7-40(49)47-37(29-42(52)53)43(54)48-36(28-41(50)51)32-10-8-31(9-11-32)33-12-13-38(35-6-3-2-5-34(33)35)59-26-25-58-24-23-57-22-21-56-20-19-55-18-15-44/h2-3,5-6,8-14,17,27,36-37H,4,7,15-16,18-26,28-29,44H2,1H3,(H,45,46)(H,47,49)(H,48,54)(H,50,51)(H,52,53)/t36-,37-/m0/s1. The Morgan fingerprint density at radius 2 is 1.36 bits per heavy atom. The van der Waals surface area contributed by atoms with Gasteiger partial charge < -0.3 is 55.6 Å². The van der Waals surface area contributed by atoms with Crippen LogP contribution < -0.4 is 26.4 Å². The Hall–Kier alpha value is -5.65. The number of aryl methyl sites for hydroxylation is 1. The fraction of sp³-hybridized carbons (Fsp3) is 0.419. The molecule has 59 heavy (non-hydrogen) atoms. The summed E-state index contributed by atoms with van der Waals surface area (Å²) in [5, 5.41) is 29.3. The molecule has 0 aliphatic carbocycles. The van der Waals surface area contributed by atoms with Crippen LogP contribution in [0.4, 0.5) is 5.82 Å². The summed E-state index contributed by atoms with van der Waals surface area (Å²) in [6, 6.07) is 20.1.